The second-order valence-corrected chi connectivity index (χ2v) is 12.8. The molecule has 35 heavy (non-hydrogen) atoms. The van der Waals surface area contributed by atoms with Crippen LogP contribution in [-0.4, -0.2) is 49.5 Å². The van der Waals surface area contributed by atoms with Crippen molar-refractivity contribution in [3.8, 4) is 0 Å². The maximum Gasteiger partial charge on any atom is 0.244 e. The molecular weight excluding hydrogens is 577 g/mol. The lowest BCUT2D eigenvalue weighted by molar-refractivity contribution is -0.141. The zero-order chi connectivity index (χ0) is 26.6. The average molecular weight is 607 g/mol. The Morgan fingerprint density at radius 2 is 1.66 bits per heavy atom. The summed E-state index contributed by atoms with van der Waals surface area (Å²) in [4.78, 5) is 28.2. The third-order valence-corrected chi connectivity index (χ3v) is 7.42. The molecule has 0 fully saturated rings. The molecule has 11 heteroatoms. The smallest absolute Gasteiger partial charge is 0.244 e. The van der Waals surface area contributed by atoms with Crippen LogP contribution in [0, 0.1) is 0 Å². The van der Waals surface area contributed by atoms with Crippen LogP contribution in [0.2, 0.25) is 10.0 Å². The fourth-order valence-electron chi connectivity index (χ4n) is 3.43. The molecule has 0 saturated carbocycles. The predicted molar refractivity (Wildman–Crippen MR) is 145 cm³/mol. The van der Waals surface area contributed by atoms with E-state index in [2.05, 4.69) is 21.2 Å². The predicted octanol–water partition coefficient (Wildman–Crippen LogP) is 5.24. The summed E-state index contributed by atoms with van der Waals surface area (Å²) < 4.78 is 27.0. The highest BCUT2D eigenvalue weighted by molar-refractivity contribution is 9.10. The molecule has 2 aromatic carbocycles. The average Bonchev–Trinajstić information content (AvgIpc) is 2.73. The van der Waals surface area contributed by atoms with Crippen molar-refractivity contribution in [2.45, 2.75) is 52.2 Å². The number of halogens is 3. The number of nitrogens with one attached hydrogen (secondary N) is 1. The number of amides is 2. The Balaban J connectivity index is 2.47. The number of rotatable bonds is 9. The summed E-state index contributed by atoms with van der Waals surface area (Å²) in [6.07, 6.45) is 1.36. The second-order valence-electron chi connectivity index (χ2n) is 9.18. The molecule has 1 N–H and O–H groups in total. The highest BCUT2D eigenvalue weighted by Gasteiger charge is 2.33. The molecular formula is C24H30BrCl2N3O4S. The Bertz CT molecular complexity index is 1170. The summed E-state index contributed by atoms with van der Waals surface area (Å²) in [5.74, 6) is -0.858. The lowest BCUT2D eigenvalue weighted by Gasteiger charge is -2.34. The lowest BCUT2D eigenvalue weighted by Crippen LogP contribution is -2.55. The van der Waals surface area contributed by atoms with E-state index in [-0.39, 0.29) is 12.5 Å². The van der Waals surface area contributed by atoms with Crippen LogP contribution in [0.5, 0.6) is 0 Å². The van der Waals surface area contributed by atoms with Crippen molar-refractivity contribution in [2.75, 3.05) is 17.1 Å². The van der Waals surface area contributed by atoms with Gasteiger partial charge >= 0.3 is 0 Å². The summed E-state index contributed by atoms with van der Waals surface area (Å²) in [5.41, 5.74) is 0.481. The molecule has 0 spiro atoms. The van der Waals surface area contributed by atoms with E-state index in [1.54, 1.807) is 49.4 Å². The van der Waals surface area contributed by atoms with Crippen LogP contribution in [0.25, 0.3) is 0 Å². The van der Waals surface area contributed by atoms with Gasteiger partial charge in [-0.05, 0) is 69.2 Å². The van der Waals surface area contributed by atoms with E-state index >= 15 is 0 Å². The number of hydrogen-bond donors (Lipinski definition) is 1. The Hall–Kier alpha value is -1.81. The summed E-state index contributed by atoms with van der Waals surface area (Å²) in [6.45, 7) is 6.92. The van der Waals surface area contributed by atoms with E-state index in [0.717, 1.165) is 15.0 Å². The number of anilines is 1. The van der Waals surface area contributed by atoms with Gasteiger partial charge in [0.1, 0.15) is 12.6 Å². The molecule has 2 rings (SSSR count). The molecule has 192 valence electrons. The molecule has 0 unspecified atom stereocenters. The Labute approximate surface area is 225 Å². The summed E-state index contributed by atoms with van der Waals surface area (Å²) in [7, 11) is -3.79. The van der Waals surface area contributed by atoms with E-state index in [1.807, 2.05) is 20.8 Å². The maximum atomic E-state index is 13.6. The van der Waals surface area contributed by atoms with E-state index in [1.165, 1.54) is 4.90 Å². The van der Waals surface area contributed by atoms with Gasteiger partial charge in [0.25, 0.3) is 0 Å². The molecule has 1 atom stereocenters. The van der Waals surface area contributed by atoms with E-state index in [9.17, 15) is 18.0 Å². The third-order valence-electron chi connectivity index (χ3n) is 5.01. The largest absolute Gasteiger partial charge is 0.350 e. The van der Waals surface area contributed by atoms with Crippen molar-refractivity contribution in [3.63, 3.8) is 0 Å². The third kappa shape index (κ3) is 8.66. The molecule has 7 nitrogen and oxygen atoms in total. The normalized spacial score (nSPS) is 12.7. The zero-order valence-electron chi connectivity index (χ0n) is 20.3. The van der Waals surface area contributed by atoms with Crippen molar-refractivity contribution in [1.82, 2.24) is 10.2 Å². The van der Waals surface area contributed by atoms with Crippen LogP contribution in [0.1, 0.15) is 39.7 Å². The second kappa shape index (κ2) is 12.0. The SMILES string of the molecule is CC[C@@H](C(=O)NC(C)(C)C)N(Cc1ccc(Cl)c(Cl)c1)C(=O)CN(c1ccc(Br)cc1)S(C)(=O)=O. The molecule has 2 aromatic rings. The highest BCUT2D eigenvalue weighted by Crippen LogP contribution is 2.25. The Morgan fingerprint density at radius 3 is 2.14 bits per heavy atom. The first kappa shape index (κ1) is 29.4. The number of nitrogens with zero attached hydrogens (tertiary/aromatic N) is 2. The van der Waals surface area contributed by atoms with Gasteiger partial charge in [-0.15, -0.1) is 0 Å². The van der Waals surface area contributed by atoms with Crippen molar-refractivity contribution in [3.05, 3.63) is 62.5 Å². The van der Waals surface area contributed by atoms with Crippen molar-refractivity contribution >= 4 is 66.7 Å². The molecule has 0 aliphatic heterocycles. The number of sulfonamides is 1. The van der Waals surface area contributed by atoms with Crippen molar-refractivity contribution in [1.29, 1.82) is 0 Å². The quantitative estimate of drug-likeness (QED) is 0.423. The minimum absolute atomic E-state index is 0.0454. The van der Waals surface area contributed by atoms with Crippen LogP contribution in [0.3, 0.4) is 0 Å². The lowest BCUT2D eigenvalue weighted by atomic mass is 10.1. The number of carbonyl (C=O) groups is 2. The topological polar surface area (TPSA) is 86.8 Å². The Kier molecular flexibility index (Phi) is 10.0. The fourth-order valence-corrected chi connectivity index (χ4v) is 4.86. The van der Waals surface area contributed by atoms with Gasteiger partial charge in [0, 0.05) is 16.6 Å². The molecule has 0 aromatic heterocycles. The van der Waals surface area contributed by atoms with Crippen LogP contribution in [0.15, 0.2) is 46.9 Å². The van der Waals surface area contributed by atoms with Gasteiger partial charge < -0.3 is 10.2 Å². The maximum absolute atomic E-state index is 13.6. The summed E-state index contributed by atoms with van der Waals surface area (Å²) in [5, 5.41) is 3.60. The monoisotopic (exact) mass is 605 g/mol. The van der Waals surface area contributed by atoms with E-state index in [0.29, 0.717) is 27.7 Å². The standard InChI is InChI=1S/C24H30BrCl2N3O4S/c1-6-21(23(32)28-24(2,3)4)29(14-16-7-12-19(26)20(27)13-16)22(31)15-30(35(5,33)34)18-10-8-17(25)9-11-18/h7-13,21H,6,14-15H2,1-5H3,(H,28,32)/t21-/m0/s1. The highest BCUT2D eigenvalue weighted by atomic mass is 79.9. The molecule has 0 radical (unpaired) electrons. The summed E-state index contributed by atoms with van der Waals surface area (Å²) >= 11 is 15.5. The van der Waals surface area contributed by atoms with Gasteiger partial charge in [0.05, 0.1) is 22.0 Å². The van der Waals surface area contributed by atoms with Gasteiger partial charge in [-0.3, -0.25) is 13.9 Å². The first-order chi connectivity index (χ1) is 16.1. The zero-order valence-corrected chi connectivity index (χ0v) is 24.2. The van der Waals surface area contributed by atoms with Gasteiger partial charge in [-0.2, -0.15) is 0 Å². The van der Waals surface area contributed by atoms with Gasteiger partial charge in [0.2, 0.25) is 21.8 Å². The van der Waals surface area contributed by atoms with E-state index < -0.39 is 34.1 Å². The first-order valence-electron chi connectivity index (χ1n) is 10.9. The molecule has 0 saturated heterocycles. The minimum Gasteiger partial charge on any atom is -0.350 e. The molecule has 0 heterocycles. The fraction of sp³-hybridized carbons (Fsp3) is 0.417. The molecule has 0 aliphatic rings. The minimum atomic E-state index is -3.79. The first-order valence-corrected chi connectivity index (χ1v) is 14.3. The van der Waals surface area contributed by atoms with Crippen LogP contribution >= 0.6 is 39.1 Å². The van der Waals surface area contributed by atoms with Crippen LogP contribution in [-0.2, 0) is 26.2 Å². The van der Waals surface area contributed by atoms with Crippen molar-refractivity contribution < 1.29 is 18.0 Å². The van der Waals surface area contributed by atoms with Gasteiger partial charge in [-0.1, -0.05) is 52.1 Å². The van der Waals surface area contributed by atoms with Gasteiger partial charge in [0.15, 0.2) is 0 Å². The van der Waals surface area contributed by atoms with Crippen LogP contribution < -0.4 is 9.62 Å². The number of hydrogen-bond acceptors (Lipinski definition) is 4. The molecule has 0 bridgehead atoms. The van der Waals surface area contributed by atoms with Crippen LogP contribution in [0.4, 0.5) is 5.69 Å². The Morgan fingerprint density at radius 1 is 1.06 bits per heavy atom. The molecule has 0 aliphatic carbocycles. The number of benzene rings is 2. The van der Waals surface area contributed by atoms with Gasteiger partial charge in [-0.25, -0.2) is 8.42 Å². The number of carbonyl (C=O) groups excluding carboxylic acids is 2. The molecule has 2 amide bonds. The van der Waals surface area contributed by atoms with Crippen molar-refractivity contribution in [2.24, 2.45) is 0 Å². The summed E-state index contributed by atoms with van der Waals surface area (Å²) in [6, 6.07) is 10.7. The van der Waals surface area contributed by atoms with E-state index in [4.69, 9.17) is 23.2 Å².